The fourth-order valence-corrected chi connectivity index (χ4v) is 3.64. The lowest BCUT2D eigenvalue weighted by Crippen LogP contribution is -2.34. The number of aromatic amines is 1. The number of aromatic nitrogens is 1. The first-order chi connectivity index (χ1) is 10.1. The number of carbonyl (C=O) groups excluding carboxylic acids is 1. The molecule has 2 heterocycles. The van der Waals surface area contributed by atoms with Crippen molar-refractivity contribution in [3.63, 3.8) is 0 Å². The van der Waals surface area contributed by atoms with E-state index in [0.717, 1.165) is 22.6 Å². The van der Waals surface area contributed by atoms with Crippen LogP contribution in [0.3, 0.4) is 0 Å². The van der Waals surface area contributed by atoms with Gasteiger partial charge in [-0.2, -0.15) is 0 Å². The van der Waals surface area contributed by atoms with Crippen LogP contribution in [0.4, 0.5) is 0 Å². The topological polar surface area (TPSA) is 62.0 Å². The Morgan fingerprint density at radius 1 is 1.38 bits per heavy atom. The van der Waals surface area contributed by atoms with Gasteiger partial charge in [-0.3, -0.25) is 9.59 Å². The van der Waals surface area contributed by atoms with Crippen LogP contribution in [0.15, 0.2) is 46.2 Å². The van der Waals surface area contributed by atoms with Crippen molar-refractivity contribution in [1.29, 1.82) is 0 Å². The second-order valence-corrected chi connectivity index (χ2v) is 6.33. The summed E-state index contributed by atoms with van der Waals surface area (Å²) in [6, 6.07) is 8.73. The molecule has 3 rings (SSSR count). The molecular weight excluding hydrogens is 308 g/mol. The summed E-state index contributed by atoms with van der Waals surface area (Å²) < 4.78 is 0. The molecule has 6 heteroatoms. The molecule has 108 valence electrons. The highest BCUT2D eigenvalue weighted by molar-refractivity contribution is 7.99. The molecule has 2 N–H and O–H groups in total. The molecule has 1 aliphatic rings. The third kappa shape index (κ3) is 2.99. The monoisotopic (exact) mass is 320 g/mol. The first-order valence-corrected chi connectivity index (χ1v) is 7.92. The Hall–Kier alpha value is -1.72. The minimum absolute atomic E-state index is 0.118. The van der Waals surface area contributed by atoms with E-state index < -0.39 is 0 Å². The van der Waals surface area contributed by atoms with Gasteiger partial charge >= 0.3 is 0 Å². The second kappa shape index (κ2) is 5.95. The van der Waals surface area contributed by atoms with Gasteiger partial charge in [-0.1, -0.05) is 11.6 Å². The van der Waals surface area contributed by atoms with Crippen molar-refractivity contribution in [3.8, 4) is 0 Å². The molecule has 1 aromatic heterocycles. The summed E-state index contributed by atoms with van der Waals surface area (Å²) in [5.41, 5.74) is 0.755. The maximum atomic E-state index is 12.3. The van der Waals surface area contributed by atoms with Crippen molar-refractivity contribution in [2.75, 3.05) is 5.75 Å². The van der Waals surface area contributed by atoms with Gasteiger partial charge in [-0.25, -0.2) is 0 Å². The molecule has 0 fully saturated rings. The molecule has 0 saturated carbocycles. The molecule has 4 nitrogen and oxygen atoms in total. The number of H-pyrrole nitrogens is 1. The number of halogens is 1. The van der Waals surface area contributed by atoms with Gasteiger partial charge in [0.15, 0.2) is 0 Å². The van der Waals surface area contributed by atoms with E-state index in [0.29, 0.717) is 5.02 Å². The van der Waals surface area contributed by atoms with Crippen LogP contribution in [0.1, 0.15) is 28.4 Å². The molecular formula is C15H13ClN2O2S. The lowest BCUT2D eigenvalue weighted by molar-refractivity contribution is 0.0933. The Balaban J connectivity index is 1.87. The molecule has 0 spiro atoms. The Kier molecular flexibility index (Phi) is 4.03. The number of fused-ring (bicyclic) bond motifs is 1. The van der Waals surface area contributed by atoms with Crippen LogP contribution in [0.5, 0.6) is 0 Å². The summed E-state index contributed by atoms with van der Waals surface area (Å²) in [7, 11) is 0. The van der Waals surface area contributed by atoms with E-state index >= 15 is 0 Å². The molecule has 0 bridgehead atoms. The highest BCUT2D eigenvalue weighted by Gasteiger charge is 2.23. The van der Waals surface area contributed by atoms with Crippen LogP contribution < -0.4 is 10.9 Å². The Labute approximate surface area is 130 Å². The molecule has 21 heavy (non-hydrogen) atoms. The van der Waals surface area contributed by atoms with Crippen LogP contribution in [0.25, 0.3) is 0 Å². The molecule has 0 unspecified atom stereocenters. The number of hydrogen-bond acceptors (Lipinski definition) is 3. The molecule has 1 amide bonds. The summed E-state index contributed by atoms with van der Waals surface area (Å²) in [6.45, 7) is 0. The first kappa shape index (κ1) is 14.2. The fraction of sp³-hybridized carbons (Fsp3) is 0.200. The highest BCUT2D eigenvalue weighted by Crippen LogP contribution is 2.37. The Morgan fingerprint density at radius 3 is 3.05 bits per heavy atom. The van der Waals surface area contributed by atoms with Crippen molar-refractivity contribution in [2.45, 2.75) is 17.4 Å². The van der Waals surface area contributed by atoms with E-state index in [-0.39, 0.29) is 23.1 Å². The highest BCUT2D eigenvalue weighted by atomic mass is 35.5. The normalized spacial score (nSPS) is 17.1. The zero-order chi connectivity index (χ0) is 14.8. The van der Waals surface area contributed by atoms with Gasteiger partial charge in [0.05, 0.1) is 6.04 Å². The minimum atomic E-state index is -0.383. The SMILES string of the molecule is O=C(N[C@@H]1CCSc2ccc(Cl)cc21)c1ccc[nH]c1=O. The summed E-state index contributed by atoms with van der Waals surface area (Å²) in [6.07, 6.45) is 2.32. The molecule has 2 aromatic rings. The largest absolute Gasteiger partial charge is 0.345 e. The molecule has 0 saturated heterocycles. The lowest BCUT2D eigenvalue weighted by atomic mass is 10.0. The number of hydrogen-bond donors (Lipinski definition) is 2. The standard InChI is InChI=1S/C15H13ClN2O2S/c16-9-3-4-13-11(8-9)12(5-7-21-13)18-15(20)10-2-1-6-17-14(10)19/h1-4,6,8,12H,5,7H2,(H,17,19)(H,18,20)/t12-/m1/s1. The average molecular weight is 321 g/mol. The van der Waals surface area contributed by atoms with E-state index in [1.807, 2.05) is 18.2 Å². The van der Waals surface area contributed by atoms with Crippen molar-refractivity contribution >= 4 is 29.3 Å². The van der Waals surface area contributed by atoms with Gasteiger partial charge in [0.25, 0.3) is 11.5 Å². The van der Waals surface area contributed by atoms with E-state index in [1.165, 1.54) is 12.3 Å². The van der Waals surface area contributed by atoms with E-state index in [4.69, 9.17) is 11.6 Å². The van der Waals surface area contributed by atoms with Crippen LogP contribution in [-0.2, 0) is 0 Å². The second-order valence-electron chi connectivity index (χ2n) is 4.76. The average Bonchev–Trinajstić information content (AvgIpc) is 2.48. The number of thioether (sulfide) groups is 1. The van der Waals surface area contributed by atoms with Gasteiger partial charge in [-0.05, 0) is 42.3 Å². The van der Waals surface area contributed by atoms with Gasteiger partial charge in [0.2, 0.25) is 0 Å². The van der Waals surface area contributed by atoms with Crippen LogP contribution in [0, 0.1) is 0 Å². The maximum Gasteiger partial charge on any atom is 0.260 e. The summed E-state index contributed by atoms with van der Waals surface area (Å²) in [5, 5.41) is 3.57. The number of amides is 1. The summed E-state index contributed by atoms with van der Waals surface area (Å²) in [4.78, 5) is 27.5. The number of pyridine rings is 1. The van der Waals surface area contributed by atoms with E-state index in [9.17, 15) is 9.59 Å². The van der Waals surface area contributed by atoms with Crippen LogP contribution in [-0.4, -0.2) is 16.6 Å². The number of nitrogens with one attached hydrogen (secondary N) is 2. The molecule has 0 aliphatic carbocycles. The molecule has 1 aromatic carbocycles. The van der Waals surface area contributed by atoms with Crippen molar-refractivity contribution in [1.82, 2.24) is 10.3 Å². The zero-order valence-corrected chi connectivity index (χ0v) is 12.6. The van der Waals surface area contributed by atoms with Gasteiger partial charge in [0, 0.05) is 21.9 Å². The number of carbonyl (C=O) groups is 1. The van der Waals surface area contributed by atoms with Gasteiger partial charge < -0.3 is 10.3 Å². The lowest BCUT2D eigenvalue weighted by Gasteiger charge is -2.26. The van der Waals surface area contributed by atoms with Gasteiger partial charge in [-0.15, -0.1) is 11.8 Å². The molecule has 0 radical (unpaired) electrons. The smallest absolute Gasteiger partial charge is 0.260 e. The van der Waals surface area contributed by atoms with Gasteiger partial charge in [0.1, 0.15) is 5.56 Å². The quantitative estimate of drug-likeness (QED) is 0.894. The third-order valence-corrected chi connectivity index (χ3v) is 4.74. The van der Waals surface area contributed by atoms with Crippen molar-refractivity contribution < 1.29 is 4.79 Å². The van der Waals surface area contributed by atoms with E-state index in [1.54, 1.807) is 17.8 Å². The predicted molar refractivity (Wildman–Crippen MR) is 84.1 cm³/mol. The Morgan fingerprint density at radius 2 is 2.24 bits per heavy atom. The maximum absolute atomic E-state index is 12.3. The third-order valence-electron chi connectivity index (χ3n) is 3.38. The fourth-order valence-electron chi connectivity index (χ4n) is 2.35. The number of rotatable bonds is 2. The molecule has 1 atom stereocenters. The summed E-state index contributed by atoms with van der Waals surface area (Å²) >= 11 is 7.79. The van der Waals surface area contributed by atoms with Crippen molar-refractivity contribution in [2.24, 2.45) is 0 Å². The van der Waals surface area contributed by atoms with Crippen LogP contribution >= 0.6 is 23.4 Å². The minimum Gasteiger partial charge on any atom is -0.345 e. The predicted octanol–water partition coefficient (Wildman–Crippen LogP) is 3.00. The summed E-state index contributed by atoms with van der Waals surface area (Å²) in [5.74, 6) is 0.560. The van der Waals surface area contributed by atoms with Crippen molar-refractivity contribution in [3.05, 3.63) is 63.0 Å². The zero-order valence-electron chi connectivity index (χ0n) is 11.1. The first-order valence-electron chi connectivity index (χ1n) is 6.56. The molecule has 1 aliphatic heterocycles. The van der Waals surface area contributed by atoms with Crippen LogP contribution in [0.2, 0.25) is 5.02 Å². The Bertz CT molecular complexity index is 744. The number of benzene rings is 1. The van der Waals surface area contributed by atoms with E-state index in [2.05, 4.69) is 10.3 Å².